The average molecular weight is 302 g/mol. The van der Waals surface area contributed by atoms with E-state index in [2.05, 4.69) is 12.2 Å². The van der Waals surface area contributed by atoms with Crippen LogP contribution in [0.3, 0.4) is 0 Å². The van der Waals surface area contributed by atoms with Crippen LogP contribution in [0.1, 0.15) is 26.2 Å². The van der Waals surface area contributed by atoms with Crippen LogP contribution in [-0.4, -0.2) is 26.3 Å². The zero-order valence-corrected chi connectivity index (χ0v) is 12.7. The minimum atomic E-state index is -0.442. The molecule has 1 aromatic carbocycles. The first-order valence-corrected chi connectivity index (χ1v) is 7.44. The number of nitrogens with one attached hydrogen (secondary N) is 1. The number of hydrogen-bond acceptors (Lipinski definition) is 3. The van der Waals surface area contributed by atoms with Crippen molar-refractivity contribution >= 4 is 11.6 Å². The molecule has 2 atom stereocenters. The lowest BCUT2D eigenvalue weighted by Gasteiger charge is -2.25. The van der Waals surface area contributed by atoms with Gasteiger partial charge in [0.2, 0.25) is 0 Å². The zero-order valence-electron chi connectivity index (χ0n) is 11.9. The molecule has 0 aromatic heterocycles. The van der Waals surface area contributed by atoms with Crippen molar-refractivity contribution in [1.82, 2.24) is 5.32 Å². The van der Waals surface area contributed by atoms with Crippen LogP contribution in [0.15, 0.2) is 12.1 Å². The Labute approximate surface area is 124 Å². The van der Waals surface area contributed by atoms with E-state index in [-0.39, 0.29) is 16.9 Å². The van der Waals surface area contributed by atoms with E-state index in [9.17, 15) is 4.39 Å². The molecule has 0 radical (unpaired) electrons. The number of halogens is 2. The first-order valence-electron chi connectivity index (χ1n) is 7.06. The van der Waals surface area contributed by atoms with Gasteiger partial charge in [-0.1, -0.05) is 24.9 Å². The fourth-order valence-corrected chi connectivity index (χ4v) is 2.88. The van der Waals surface area contributed by atoms with Crippen molar-refractivity contribution in [3.63, 3.8) is 0 Å². The summed E-state index contributed by atoms with van der Waals surface area (Å²) in [5.74, 6) is 0.499. The second kappa shape index (κ2) is 7.14. The standard InChI is InChI=1S/C15H21ClFNO2/c1-3-4-12(10-7-8-18-9-10)20-15-11(17)5-6-13(19-2)14(15)16/h5-6,10,12,18H,3-4,7-9H2,1-2H3/t10?,12-/m1/s1. The largest absolute Gasteiger partial charge is 0.495 e. The van der Waals surface area contributed by atoms with Crippen LogP contribution in [-0.2, 0) is 0 Å². The van der Waals surface area contributed by atoms with E-state index >= 15 is 0 Å². The van der Waals surface area contributed by atoms with Crippen LogP contribution >= 0.6 is 11.6 Å². The summed E-state index contributed by atoms with van der Waals surface area (Å²) in [4.78, 5) is 0. The maximum Gasteiger partial charge on any atom is 0.177 e. The molecule has 1 aliphatic rings. The first kappa shape index (κ1) is 15.4. The van der Waals surface area contributed by atoms with Gasteiger partial charge in [0.15, 0.2) is 11.6 Å². The van der Waals surface area contributed by atoms with Gasteiger partial charge in [-0.05, 0) is 31.5 Å². The molecule has 3 nitrogen and oxygen atoms in total. The van der Waals surface area contributed by atoms with Crippen LogP contribution in [0.4, 0.5) is 4.39 Å². The lowest BCUT2D eigenvalue weighted by Crippen LogP contribution is -2.29. The van der Waals surface area contributed by atoms with Crippen molar-refractivity contribution in [3.05, 3.63) is 23.0 Å². The van der Waals surface area contributed by atoms with Crippen molar-refractivity contribution < 1.29 is 13.9 Å². The van der Waals surface area contributed by atoms with Gasteiger partial charge < -0.3 is 14.8 Å². The smallest absolute Gasteiger partial charge is 0.177 e. The summed E-state index contributed by atoms with van der Waals surface area (Å²) >= 11 is 6.16. The fourth-order valence-electron chi connectivity index (χ4n) is 2.60. The molecule has 2 rings (SSSR count). The average Bonchev–Trinajstić information content (AvgIpc) is 2.96. The molecule has 1 aromatic rings. The molecule has 0 saturated carbocycles. The Morgan fingerprint density at radius 1 is 1.50 bits per heavy atom. The van der Waals surface area contributed by atoms with Gasteiger partial charge in [0.25, 0.3) is 0 Å². The predicted molar refractivity (Wildman–Crippen MR) is 78.3 cm³/mol. The van der Waals surface area contributed by atoms with E-state index in [4.69, 9.17) is 21.1 Å². The summed E-state index contributed by atoms with van der Waals surface area (Å²) < 4.78 is 25.0. The molecule has 1 aliphatic heterocycles. The van der Waals surface area contributed by atoms with E-state index in [1.54, 1.807) is 0 Å². The first-order chi connectivity index (χ1) is 9.67. The normalized spacial score (nSPS) is 19.9. The van der Waals surface area contributed by atoms with Gasteiger partial charge in [-0.25, -0.2) is 4.39 Å². The molecule has 0 amide bonds. The molecule has 1 unspecified atom stereocenters. The van der Waals surface area contributed by atoms with Gasteiger partial charge in [0.1, 0.15) is 16.9 Å². The number of methoxy groups -OCH3 is 1. The van der Waals surface area contributed by atoms with Crippen LogP contribution in [0.25, 0.3) is 0 Å². The third-order valence-electron chi connectivity index (χ3n) is 3.70. The highest BCUT2D eigenvalue weighted by Gasteiger charge is 2.28. The van der Waals surface area contributed by atoms with Crippen LogP contribution in [0, 0.1) is 11.7 Å². The third kappa shape index (κ3) is 3.36. The van der Waals surface area contributed by atoms with E-state index in [0.29, 0.717) is 11.7 Å². The zero-order chi connectivity index (χ0) is 14.5. The molecular weight excluding hydrogens is 281 g/mol. The number of rotatable bonds is 6. The molecule has 1 fully saturated rings. The van der Waals surface area contributed by atoms with Crippen molar-refractivity contribution in [3.8, 4) is 11.5 Å². The molecule has 20 heavy (non-hydrogen) atoms. The van der Waals surface area contributed by atoms with Crippen molar-refractivity contribution in [2.75, 3.05) is 20.2 Å². The van der Waals surface area contributed by atoms with E-state index < -0.39 is 5.82 Å². The predicted octanol–water partition coefficient (Wildman–Crippen LogP) is 3.64. The molecule has 5 heteroatoms. The van der Waals surface area contributed by atoms with Crippen molar-refractivity contribution in [2.24, 2.45) is 5.92 Å². The lowest BCUT2D eigenvalue weighted by molar-refractivity contribution is 0.126. The maximum atomic E-state index is 14.0. The Bertz CT molecular complexity index is 450. The highest BCUT2D eigenvalue weighted by molar-refractivity contribution is 6.33. The molecule has 0 spiro atoms. The van der Waals surface area contributed by atoms with E-state index in [0.717, 1.165) is 32.4 Å². The molecule has 1 saturated heterocycles. The topological polar surface area (TPSA) is 30.5 Å². The molecule has 1 heterocycles. The van der Waals surface area contributed by atoms with Gasteiger partial charge in [0.05, 0.1) is 7.11 Å². The molecule has 112 valence electrons. The van der Waals surface area contributed by atoms with Crippen LogP contribution in [0.5, 0.6) is 11.5 Å². The summed E-state index contributed by atoms with van der Waals surface area (Å²) in [5, 5.41) is 3.53. The highest BCUT2D eigenvalue weighted by Crippen LogP contribution is 2.38. The van der Waals surface area contributed by atoms with Crippen LogP contribution in [0.2, 0.25) is 5.02 Å². The minimum absolute atomic E-state index is 0.0193. The van der Waals surface area contributed by atoms with Gasteiger partial charge in [-0.3, -0.25) is 0 Å². The monoisotopic (exact) mass is 301 g/mol. The molecule has 0 aliphatic carbocycles. The summed E-state index contributed by atoms with van der Waals surface area (Å²) in [6.45, 7) is 4.00. The molecular formula is C15H21ClFNO2. The SMILES string of the molecule is CCC[C@@H](Oc1c(F)ccc(OC)c1Cl)C1CCNC1. The Morgan fingerprint density at radius 2 is 2.30 bits per heavy atom. The number of ether oxygens (including phenoxy) is 2. The van der Waals surface area contributed by atoms with Crippen molar-refractivity contribution in [1.29, 1.82) is 0 Å². The summed E-state index contributed by atoms with van der Waals surface area (Å²) in [6, 6.07) is 2.84. The van der Waals surface area contributed by atoms with Crippen molar-refractivity contribution in [2.45, 2.75) is 32.3 Å². The van der Waals surface area contributed by atoms with Gasteiger partial charge in [-0.2, -0.15) is 0 Å². The summed E-state index contributed by atoms with van der Waals surface area (Å²) in [7, 11) is 1.51. The Morgan fingerprint density at radius 3 is 2.90 bits per heavy atom. The van der Waals surface area contributed by atoms with E-state index in [1.807, 2.05) is 0 Å². The van der Waals surface area contributed by atoms with Gasteiger partial charge in [0, 0.05) is 12.5 Å². The number of benzene rings is 1. The minimum Gasteiger partial charge on any atom is -0.495 e. The van der Waals surface area contributed by atoms with Gasteiger partial charge >= 0.3 is 0 Å². The Hall–Kier alpha value is -1.00. The molecule has 1 N–H and O–H groups in total. The summed E-state index contributed by atoms with van der Waals surface area (Å²) in [5.41, 5.74) is 0. The quantitative estimate of drug-likeness (QED) is 0.870. The fraction of sp³-hybridized carbons (Fsp3) is 0.600. The second-order valence-corrected chi connectivity index (χ2v) is 5.47. The van der Waals surface area contributed by atoms with E-state index in [1.165, 1.54) is 19.2 Å². The molecule has 0 bridgehead atoms. The van der Waals surface area contributed by atoms with Gasteiger partial charge in [-0.15, -0.1) is 0 Å². The lowest BCUT2D eigenvalue weighted by atomic mass is 9.97. The Kier molecular flexibility index (Phi) is 5.49. The highest BCUT2D eigenvalue weighted by atomic mass is 35.5. The number of hydrogen-bond donors (Lipinski definition) is 1. The Balaban J connectivity index is 2.21. The maximum absolute atomic E-state index is 14.0. The second-order valence-electron chi connectivity index (χ2n) is 5.09. The van der Waals surface area contributed by atoms with Crippen LogP contribution < -0.4 is 14.8 Å². The third-order valence-corrected chi connectivity index (χ3v) is 4.06. The summed E-state index contributed by atoms with van der Waals surface area (Å²) in [6.07, 6.45) is 2.91.